The van der Waals surface area contributed by atoms with Crippen LogP contribution in [0.4, 0.5) is 0 Å². The predicted octanol–water partition coefficient (Wildman–Crippen LogP) is 3.83. The molecule has 0 fully saturated rings. The summed E-state index contributed by atoms with van der Waals surface area (Å²) in [5.74, 6) is 0.310. The Morgan fingerprint density at radius 2 is 1.48 bits per heavy atom. The maximum absolute atomic E-state index is 12.5. The molecule has 0 saturated carbocycles. The van der Waals surface area contributed by atoms with Gasteiger partial charge in [-0.2, -0.15) is 0 Å². The molecule has 0 aromatic heterocycles. The van der Waals surface area contributed by atoms with E-state index in [4.69, 9.17) is 14.2 Å². The summed E-state index contributed by atoms with van der Waals surface area (Å²) in [5, 5.41) is 2.93. The zero-order valence-corrected chi connectivity index (χ0v) is 17.5. The van der Waals surface area contributed by atoms with Crippen molar-refractivity contribution >= 4 is 11.9 Å². The Kier molecular flexibility index (Phi) is 7.65. The van der Waals surface area contributed by atoms with Crippen LogP contribution in [0.15, 0.2) is 78.9 Å². The molecule has 3 aromatic carbocycles. The standard InChI is InChI=1S/C25H25NO5/c1-18-8-6-7-11-22(18)30-17-24(28)31-16-23(27)26-25(19-9-4-3-5-10-19)20-12-14-21(29-2)15-13-20/h3-15,25H,16-17H2,1-2H3,(H,26,27)/t25-/m0/s1. The van der Waals surface area contributed by atoms with E-state index >= 15 is 0 Å². The van der Waals surface area contributed by atoms with Crippen molar-refractivity contribution < 1.29 is 23.8 Å². The molecule has 6 nitrogen and oxygen atoms in total. The molecule has 0 heterocycles. The van der Waals surface area contributed by atoms with Crippen LogP contribution in [-0.4, -0.2) is 32.2 Å². The van der Waals surface area contributed by atoms with Crippen LogP contribution in [0.5, 0.6) is 11.5 Å². The number of carbonyl (C=O) groups excluding carboxylic acids is 2. The molecule has 3 aromatic rings. The molecule has 0 unspecified atom stereocenters. The van der Waals surface area contributed by atoms with E-state index in [1.165, 1.54) is 0 Å². The largest absolute Gasteiger partial charge is 0.497 e. The molecule has 0 saturated heterocycles. The Bertz CT molecular complexity index is 1000. The second-order valence-corrected chi connectivity index (χ2v) is 6.90. The smallest absolute Gasteiger partial charge is 0.344 e. The zero-order chi connectivity index (χ0) is 22.1. The molecule has 160 valence electrons. The lowest BCUT2D eigenvalue weighted by Crippen LogP contribution is -2.33. The van der Waals surface area contributed by atoms with Crippen molar-refractivity contribution in [2.75, 3.05) is 20.3 Å². The van der Waals surface area contributed by atoms with Gasteiger partial charge < -0.3 is 19.5 Å². The van der Waals surface area contributed by atoms with Crippen molar-refractivity contribution in [1.82, 2.24) is 5.32 Å². The molecule has 0 aliphatic carbocycles. The lowest BCUT2D eigenvalue weighted by atomic mass is 9.98. The average molecular weight is 419 g/mol. The van der Waals surface area contributed by atoms with Gasteiger partial charge in [-0.15, -0.1) is 0 Å². The van der Waals surface area contributed by atoms with Crippen molar-refractivity contribution in [2.45, 2.75) is 13.0 Å². The summed E-state index contributed by atoms with van der Waals surface area (Å²) in [4.78, 5) is 24.5. The van der Waals surface area contributed by atoms with Crippen LogP contribution in [-0.2, 0) is 14.3 Å². The van der Waals surface area contributed by atoms with E-state index in [-0.39, 0.29) is 12.6 Å². The molecule has 1 amide bonds. The van der Waals surface area contributed by atoms with E-state index in [0.717, 1.165) is 22.4 Å². The van der Waals surface area contributed by atoms with Crippen LogP contribution in [0.1, 0.15) is 22.7 Å². The Morgan fingerprint density at radius 1 is 0.839 bits per heavy atom. The third kappa shape index (κ3) is 6.34. The highest BCUT2D eigenvalue weighted by molar-refractivity contribution is 5.81. The first-order valence-corrected chi connectivity index (χ1v) is 9.89. The fourth-order valence-corrected chi connectivity index (χ4v) is 3.05. The quantitative estimate of drug-likeness (QED) is 0.534. The van der Waals surface area contributed by atoms with Crippen molar-refractivity contribution in [1.29, 1.82) is 0 Å². The van der Waals surface area contributed by atoms with Crippen LogP contribution >= 0.6 is 0 Å². The minimum atomic E-state index is -0.612. The van der Waals surface area contributed by atoms with Gasteiger partial charge in [-0.25, -0.2) is 4.79 Å². The number of nitrogens with one attached hydrogen (secondary N) is 1. The van der Waals surface area contributed by atoms with Gasteiger partial charge in [-0.1, -0.05) is 60.7 Å². The van der Waals surface area contributed by atoms with Crippen LogP contribution in [0.25, 0.3) is 0 Å². The zero-order valence-electron chi connectivity index (χ0n) is 17.5. The summed E-state index contributed by atoms with van der Waals surface area (Å²) >= 11 is 0. The molecule has 1 N–H and O–H groups in total. The van der Waals surface area contributed by atoms with Gasteiger partial charge in [0.2, 0.25) is 0 Å². The van der Waals surface area contributed by atoms with E-state index in [2.05, 4.69) is 5.32 Å². The van der Waals surface area contributed by atoms with E-state index in [9.17, 15) is 9.59 Å². The highest BCUT2D eigenvalue weighted by Crippen LogP contribution is 2.24. The summed E-state index contributed by atoms with van der Waals surface area (Å²) in [6.07, 6.45) is 0. The molecule has 6 heteroatoms. The van der Waals surface area contributed by atoms with Gasteiger partial charge in [0.05, 0.1) is 13.2 Å². The van der Waals surface area contributed by atoms with Gasteiger partial charge in [0, 0.05) is 0 Å². The number of esters is 1. The molecule has 0 radical (unpaired) electrons. The number of hydrogen-bond acceptors (Lipinski definition) is 5. The minimum absolute atomic E-state index is 0.265. The van der Waals surface area contributed by atoms with E-state index in [1.54, 1.807) is 13.2 Å². The third-order valence-electron chi connectivity index (χ3n) is 4.69. The molecular weight excluding hydrogens is 394 g/mol. The molecule has 1 atom stereocenters. The lowest BCUT2D eigenvalue weighted by molar-refractivity contribution is -0.150. The second kappa shape index (κ2) is 10.8. The lowest BCUT2D eigenvalue weighted by Gasteiger charge is -2.20. The Balaban J connectivity index is 1.58. The van der Waals surface area contributed by atoms with Crippen LogP contribution in [0.3, 0.4) is 0 Å². The number of aryl methyl sites for hydroxylation is 1. The average Bonchev–Trinajstić information content (AvgIpc) is 2.81. The van der Waals surface area contributed by atoms with Gasteiger partial charge in [-0.3, -0.25) is 4.79 Å². The summed E-state index contributed by atoms with van der Waals surface area (Å²) in [6, 6.07) is 24.0. The van der Waals surface area contributed by atoms with Crippen molar-refractivity contribution in [2.24, 2.45) is 0 Å². The second-order valence-electron chi connectivity index (χ2n) is 6.90. The number of methoxy groups -OCH3 is 1. The Hall–Kier alpha value is -3.80. The van der Waals surface area contributed by atoms with Gasteiger partial charge in [0.25, 0.3) is 5.91 Å². The van der Waals surface area contributed by atoms with Crippen molar-refractivity contribution in [3.05, 3.63) is 95.6 Å². The molecule has 0 bridgehead atoms. The van der Waals surface area contributed by atoms with E-state index in [1.807, 2.05) is 79.7 Å². The first kappa shape index (κ1) is 21.9. The number of carbonyl (C=O) groups is 2. The Labute approximate surface area is 181 Å². The van der Waals surface area contributed by atoms with Gasteiger partial charge in [-0.05, 0) is 41.8 Å². The molecule has 31 heavy (non-hydrogen) atoms. The fourth-order valence-electron chi connectivity index (χ4n) is 3.05. The third-order valence-corrected chi connectivity index (χ3v) is 4.69. The summed E-state index contributed by atoms with van der Waals surface area (Å²) in [5.41, 5.74) is 2.71. The maximum Gasteiger partial charge on any atom is 0.344 e. The number of rotatable bonds is 9. The van der Waals surface area contributed by atoms with Gasteiger partial charge >= 0.3 is 5.97 Å². The summed E-state index contributed by atoms with van der Waals surface area (Å²) < 4.78 is 15.7. The molecule has 0 spiro atoms. The normalized spacial score (nSPS) is 11.3. The monoisotopic (exact) mass is 419 g/mol. The maximum atomic E-state index is 12.5. The van der Waals surface area contributed by atoms with Gasteiger partial charge in [0.15, 0.2) is 13.2 Å². The highest BCUT2D eigenvalue weighted by atomic mass is 16.6. The van der Waals surface area contributed by atoms with E-state index in [0.29, 0.717) is 5.75 Å². The summed E-state index contributed by atoms with van der Waals surface area (Å²) in [7, 11) is 1.60. The Morgan fingerprint density at radius 3 is 2.16 bits per heavy atom. The van der Waals surface area contributed by atoms with Crippen molar-refractivity contribution in [3.8, 4) is 11.5 Å². The SMILES string of the molecule is COc1ccc([C@@H](NC(=O)COC(=O)COc2ccccc2C)c2ccccc2)cc1. The van der Waals surface area contributed by atoms with Crippen LogP contribution < -0.4 is 14.8 Å². The number of para-hydroxylation sites is 1. The number of ether oxygens (including phenoxy) is 3. The van der Waals surface area contributed by atoms with Crippen LogP contribution in [0.2, 0.25) is 0 Å². The molecular formula is C25H25NO5. The number of hydrogen-bond donors (Lipinski definition) is 1. The highest BCUT2D eigenvalue weighted by Gasteiger charge is 2.18. The topological polar surface area (TPSA) is 73.9 Å². The minimum Gasteiger partial charge on any atom is -0.497 e. The number of benzene rings is 3. The fraction of sp³-hybridized carbons (Fsp3) is 0.200. The first-order chi connectivity index (χ1) is 15.1. The summed E-state index contributed by atoms with van der Waals surface area (Å²) in [6.45, 7) is 1.23. The number of amides is 1. The molecule has 0 aliphatic rings. The predicted molar refractivity (Wildman–Crippen MR) is 117 cm³/mol. The molecule has 3 rings (SSSR count). The van der Waals surface area contributed by atoms with E-state index < -0.39 is 18.5 Å². The van der Waals surface area contributed by atoms with Crippen LogP contribution in [0, 0.1) is 6.92 Å². The molecule has 0 aliphatic heterocycles. The van der Waals surface area contributed by atoms with Crippen molar-refractivity contribution in [3.63, 3.8) is 0 Å². The first-order valence-electron chi connectivity index (χ1n) is 9.89. The van der Waals surface area contributed by atoms with Gasteiger partial charge in [0.1, 0.15) is 11.5 Å².